The van der Waals surface area contributed by atoms with Crippen LogP contribution in [-0.2, 0) is 4.79 Å². The molecule has 3 aromatic heterocycles. The molecule has 0 spiro atoms. The molecule has 1 aliphatic heterocycles. The zero-order chi connectivity index (χ0) is 22.9. The maximum Gasteiger partial charge on any atom is 0.256 e. The molecule has 1 aliphatic rings. The Morgan fingerprint density at radius 3 is 2.70 bits per heavy atom. The third kappa shape index (κ3) is 4.22. The fraction of sp³-hybridized carbons (Fsp3) is 0.273. The van der Waals surface area contributed by atoms with Crippen molar-refractivity contribution in [2.75, 3.05) is 36.4 Å². The molecule has 0 aliphatic carbocycles. The Labute approximate surface area is 194 Å². The van der Waals surface area contributed by atoms with Crippen LogP contribution in [0.5, 0.6) is 0 Å². The van der Waals surface area contributed by atoms with Crippen molar-refractivity contribution in [3.8, 4) is 0 Å². The van der Waals surface area contributed by atoms with Gasteiger partial charge in [0.1, 0.15) is 5.52 Å². The van der Waals surface area contributed by atoms with E-state index >= 15 is 0 Å². The third-order valence-electron chi connectivity index (χ3n) is 5.64. The van der Waals surface area contributed by atoms with E-state index in [1.807, 2.05) is 36.2 Å². The Bertz CT molecular complexity index is 1290. The van der Waals surface area contributed by atoms with Gasteiger partial charge in [0.15, 0.2) is 17.7 Å². The van der Waals surface area contributed by atoms with E-state index in [1.54, 1.807) is 33.7 Å². The Hall–Kier alpha value is -3.63. The zero-order valence-electron chi connectivity index (χ0n) is 17.9. The number of nitrogens with one attached hydrogen (secondary N) is 2. The predicted molar refractivity (Wildman–Crippen MR) is 125 cm³/mol. The van der Waals surface area contributed by atoms with Crippen LogP contribution in [0.15, 0.2) is 48.7 Å². The van der Waals surface area contributed by atoms with Crippen molar-refractivity contribution in [3.05, 3.63) is 64.9 Å². The number of anilines is 3. The lowest BCUT2D eigenvalue weighted by Gasteiger charge is -2.35. The highest BCUT2D eigenvalue weighted by Crippen LogP contribution is 2.26. The molecule has 4 aromatic rings. The van der Waals surface area contributed by atoms with E-state index in [2.05, 4.69) is 20.6 Å². The van der Waals surface area contributed by atoms with Crippen LogP contribution in [-0.4, -0.2) is 66.9 Å². The summed E-state index contributed by atoms with van der Waals surface area (Å²) >= 11 is 6.15. The number of aromatic nitrogens is 5. The van der Waals surface area contributed by atoms with Gasteiger partial charge in [-0.25, -0.2) is 4.52 Å². The molecule has 33 heavy (non-hydrogen) atoms. The first-order chi connectivity index (χ1) is 16.0. The summed E-state index contributed by atoms with van der Waals surface area (Å²) in [5, 5.41) is 25.9. The predicted octanol–water partition coefficient (Wildman–Crippen LogP) is 2.54. The van der Waals surface area contributed by atoms with Crippen LogP contribution in [0.4, 0.5) is 17.6 Å². The largest absolute Gasteiger partial charge is 0.378 e. The normalized spacial score (nSPS) is 15.1. The first-order valence-electron chi connectivity index (χ1n) is 10.6. The first-order valence-corrected chi connectivity index (χ1v) is 11.0. The Kier molecular flexibility index (Phi) is 5.61. The van der Waals surface area contributed by atoms with Gasteiger partial charge in [-0.05, 0) is 25.1 Å². The van der Waals surface area contributed by atoms with Crippen LogP contribution >= 0.6 is 11.6 Å². The van der Waals surface area contributed by atoms with Crippen molar-refractivity contribution >= 4 is 40.6 Å². The average Bonchev–Trinajstić information content (AvgIpc) is 3.47. The fourth-order valence-electron chi connectivity index (χ4n) is 3.88. The van der Waals surface area contributed by atoms with Gasteiger partial charge < -0.3 is 20.2 Å². The molecule has 170 valence electrons. The lowest BCUT2D eigenvalue weighted by molar-refractivity contribution is -0.140. The summed E-state index contributed by atoms with van der Waals surface area (Å²) in [6.45, 7) is 3.88. The van der Waals surface area contributed by atoms with Crippen molar-refractivity contribution in [1.82, 2.24) is 29.7 Å². The van der Waals surface area contributed by atoms with Crippen LogP contribution in [0.1, 0.15) is 17.4 Å². The molecule has 4 heterocycles. The molecule has 1 unspecified atom stereocenters. The van der Waals surface area contributed by atoms with Gasteiger partial charge in [0, 0.05) is 54.7 Å². The van der Waals surface area contributed by atoms with E-state index < -0.39 is 6.10 Å². The molecule has 0 radical (unpaired) electrons. The van der Waals surface area contributed by atoms with E-state index in [-0.39, 0.29) is 5.91 Å². The smallest absolute Gasteiger partial charge is 0.256 e. The third-order valence-corrected chi connectivity index (χ3v) is 5.98. The lowest BCUT2D eigenvalue weighted by atomic mass is 10.1. The number of fused-ring (bicyclic) bond motifs is 1. The molecule has 0 saturated carbocycles. The number of hydrogen-bond acceptors (Lipinski definition) is 7. The first kappa shape index (κ1) is 21.2. The number of H-pyrrole nitrogens is 1. The van der Waals surface area contributed by atoms with Crippen molar-refractivity contribution in [2.45, 2.75) is 13.0 Å². The van der Waals surface area contributed by atoms with Crippen molar-refractivity contribution < 1.29 is 9.90 Å². The van der Waals surface area contributed by atoms with Crippen LogP contribution in [0.3, 0.4) is 0 Å². The number of benzene rings is 1. The second-order valence-electron chi connectivity index (χ2n) is 7.90. The number of aromatic amines is 1. The zero-order valence-corrected chi connectivity index (χ0v) is 18.7. The van der Waals surface area contributed by atoms with Crippen LogP contribution in [0, 0.1) is 6.92 Å². The Morgan fingerprint density at radius 2 is 1.97 bits per heavy atom. The molecule has 3 N–H and O–H groups in total. The number of aliphatic hydroxyl groups excluding tert-OH is 1. The summed E-state index contributed by atoms with van der Waals surface area (Å²) in [4.78, 5) is 21.2. The molecular formula is C22H23ClN8O2. The molecule has 10 nitrogen and oxygen atoms in total. The molecule has 0 bridgehead atoms. The van der Waals surface area contributed by atoms with Gasteiger partial charge in [0.25, 0.3) is 5.91 Å². The van der Waals surface area contributed by atoms with Crippen LogP contribution in [0.25, 0.3) is 5.52 Å². The van der Waals surface area contributed by atoms with Crippen molar-refractivity contribution in [1.29, 1.82) is 0 Å². The Morgan fingerprint density at radius 1 is 1.18 bits per heavy atom. The number of rotatable bonds is 5. The highest BCUT2D eigenvalue weighted by atomic mass is 35.5. The number of aryl methyl sites for hydroxylation is 1. The minimum absolute atomic E-state index is 0.360. The van der Waals surface area contributed by atoms with Gasteiger partial charge in [-0.3, -0.25) is 9.89 Å². The summed E-state index contributed by atoms with van der Waals surface area (Å²) in [7, 11) is 0. The van der Waals surface area contributed by atoms with Gasteiger partial charge >= 0.3 is 0 Å². The molecule has 1 aromatic carbocycles. The summed E-state index contributed by atoms with van der Waals surface area (Å²) in [6.07, 6.45) is 0.576. The van der Waals surface area contributed by atoms with Gasteiger partial charge in [-0.2, -0.15) is 10.1 Å². The standard InChI is InChI=1S/C22H23ClN8O2/c1-14-13-18(27-26-14)24-20-17-7-4-8-31(17)28-22(25-20)30-11-9-29(10-12-30)21(33)19(32)15-5-2-3-6-16(15)23/h2-8,13,19,32H,9-12H2,1H3,(H2,24,25,26,27,28). The number of piperazine rings is 1. The van der Waals surface area contributed by atoms with Gasteiger partial charge in [0.2, 0.25) is 5.95 Å². The lowest BCUT2D eigenvalue weighted by Crippen LogP contribution is -2.50. The molecular weight excluding hydrogens is 444 g/mol. The highest BCUT2D eigenvalue weighted by molar-refractivity contribution is 6.31. The number of aliphatic hydroxyl groups is 1. The maximum atomic E-state index is 12.8. The van der Waals surface area contributed by atoms with Gasteiger partial charge in [-0.15, -0.1) is 5.10 Å². The number of carbonyl (C=O) groups is 1. The van der Waals surface area contributed by atoms with Gasteiger partial charge in [-0.1, -0.05) is 29.8 Å². The summed E-state index contributed by atoms with van der Waals surface area (Å²) in [5.41, 5.74) is 2.19. The molecule has 11 heteroatoms. The summed E-state index contributed by atoms with van der Waals surface area (Å²) < 4.78 is 1.77. The molecule has 1 atom stereocenters. The SMILES string of the molecule is Cc1cc(Nc2nc(N3CCN(C(=O)C(O)c4ccccc4Cl)CC3)nn3cccc23)n[nH]1. The van der Waals surface area contributed by atoms with E-state index in [1.165, 1.54) is 0 Å². The number of amides is 1. The topological polar surface area (TPSA) is 115 Å². The number of hydrogen-bond donors (Lipinski definition) is 3. The second-order valence-corrected chi connectivity index (χ2v) is 8.30. The average molecular weight is 467 g/mol. The van der Waals surface area contributed by atoms with Crippen molar-refractivity contribution in [2.24, 2.45) is 0 Å². The summed E-state index contributed by atoms with van der Waals surface area (Å²) in [5.74, 6) is 1.50. The van der Waals surface area contributed by atoms with Crippen LogP contribution < -0.4 is 10.2 Å². The number of nitrogens with zero attached hydrogens (tertiary/aromatic N) is 6. The van der Waals surface area contributed by atoms with E-state index in [0.29, 0.717) is 54.3 Å². The molecule has 1 fully saturated rings. The second kappa shape index (κ2) is 8.72. The monoisotopic (exact) mass is 466 g/mol. The highest BCUT2D eigenvalue weighted by Gasteiger charge is 2.29. The van der Waals surface area contributed by atoms with E-state index in [9.17, 15) is 9.90 Å². The van der Waals surface area contributed by atoms with E-state index in [0.717, 1.165) is 11.2 Å². The van der Waals surface area contributed by atoms with Gasteiger partial charge in [0.05, 0.1) is 0 Å². The summed E-state index contributed by atoms with van der Waals surface area (Å²) in [6, 6.07) is 12.6. The quantitative estimate of drug-likeness (QED) is 0.414. The molecule has 1 amide bonds. The van der Waals surface area contributed by atoms with Crippen LogP contribution in [0.2, 0.25) is 5.02 Å². The fourth-order valence-corrected chi connectivity index (χ4v) is 4.12. The Balaban J connectivity index is 1.31. The minimum Gasteiger partial charge on any atom is -0.378 e. The van der Waals surface area contributed by atoms with Crippen molar-refractivity contribution in [3.63, 3.8) is 0 Å². The number of halogens is 1. The maximum absolute atomic E-state index is 12.8. The molecule has 5 rings (SSSR count). The molecule has 1 saturated heterocycles. The van der Waals surface area contributed by atoms with E-state index in [4.69, 9.17) is 16.6 Å². The number of carbonyl (C=O) groups excluding carboxylic acids is 1. The minimum atomic E-state index is -1.29.